The lowest BCUT2D eigenvalue weighted by Crippen LogP contribution is -2.35. The van der Waals surface area contributed by atoms with Crippen molar-refractivity contribution in [1.29, 1.82) is 0 Å². The molecule has 3 nitrogen and oxygen atoms in total. The van der Waals surface area contributed by atoms with Crippen LogP contribution in [0.25, 0.3) is 0 Å². The molecule has 4 heteroatoms. The predicted molar refractivity (Wildman–Crippen MR) is 76.9 cm³/mol. The Bertz CT molecular complexity index is 386. The van der Waals surface area contributed by atoms with Gasteiger partial charge in [-0.05, 0) is 38.4 Å². The summed E-state index contributed by atoms with van der Waals surface area (Å²) in [7, 11) is 0. The van der Waals surface area contributed by atoms with E-state index in [0.29, 0.717) is 6.04 Å². The van der Waals surface area contributed by atoms with Crippen LogP contribution in [0.3, 0.4) is 0 Å². The minimum Gasteiger partial charge on any atom is -0.330 e. The van der Waals surface area contributed by atoms with Crippen molar-refractivity contribution in [2.24, 2.45) is 0 Å². The number of hydrogen-bond acceptors (Lipinski definition) is 3. The second-order valence-corrected chi connectivity index (χ2v) is 6.76. The van der Waals surface area contributed by atoms with Crippen molar-refractivity contribution >= 4 is 11.8 Å². The van der Waals surface area contributed by atoms with Crippen LogP contribution in [0.5, 0.6) is 0 Å². The number of thioether (sulfide) groups is 1. The molecule has 1 heterocycles. The normalized spacial score (nSPS) is 28.5. The monoisotopic (exact) mass is 265 g/mol. The van der Waals surface area contributed by atoms with Crippen molar-refractivity contribution < 1.29 is 0 Å². The molecule has 0 spiro atoms. The van der Waals surface area contributed by atoms with Gasteiger partial charge in [0.15, 0.2) is 0 Å². The molecule has 0 bridgehead atoms. The minimum atomic E-state index is 0.707. The lowest BCUT2D eigenvalue weighted by molar-refractivity contribution is 0.376. The lowest BCUT2D eigenvalue weighted by atomic mass is 9.95. The van der Waals surface area contributed by atoms with Gasteiger partial charge in [0.05, 0.1) is 12.0 Å². The third kappa shape index (κ3) is 2.91. The van der Waals surface area contributed by atoms with Gasteiger partial charge >= 0.3 is 0 Å². The van der Waals surface area contributed by atoms with E-state index < -0.39 is 0 Å². The van der Waals surface area contributed by atoms with Gasteiger partial charge in [-0.1, -0.05) is 6.42 Å². The Hall–Kier alpha value is -0.480. The van der Waals surface area contributed by atoms with Crippen molar-refractivity contribution in [3.05, 3.63) is 18.2 Å². The van der Waals surface area contributed by atoms with Gasteiger partial charge in [-0.3, -0.25) is 0 Å². The van der Waals surface area contributed by atoms with Crippen molar-refractivity contribution in [2.45, 2.75) is 62.4 Å². The third-order valence-electron chi connectivity index (χ3n) is 4.22. The van der Waals surface area contributed by atoms with Gasteiger partial charge in [0, 0.05) is 30.1 Å². The lowest BCUT2D eigenvalue weighted by Gasteiger charge is -2.28. The molecule has 0 radical (unpaired) electrons. The zero-order valence-corrected chi connectivity index (χ0v) is 12.0. The van der Waals surface area contributed by atoms with Gasteiger partial charge in [0.2, 0.25) is 0 Å². The highest BCUT2D eigenvalue weighted by Crippen LogP contribution is 2.35. The number of aromatic nitrogens is 2. The fourth-order valence-corrected chi connectivity index (χ4v) is 3.77. The molecule has 2 atom stereocenters. The van der Waals surface area contributed by atoms with Gasteiger partial charge in [0.1, 0.15) is 0 Å². The highest BCUT2D eigenvalue weighted by molar-refractivity contribution is 7.99. The Kier molecular flexibility index (Phi) is 3.94. The Labute approximate surface area is 114 Å². The molecule has 2 saturated carbocycles. The summed E-state index contributed by atoms with van der Waals surface area (Å²) in [6.45, 7) is 0.988. The molecule has 0 aliphatic heterocycles. The Balaban J connectivity index is 1.52. The maximum absolute atomic E-state index is 4.30. The fraction of sp³-hybridized carbons (Fsp3) is 0.786. The number of imidazole rings is 1. The number of rotatable bonds is 5. The first kappa shape index (κ1) is 12.5. The van der Waals surface area contributed by atoms with Crippen LogP contribution in [0, 0.1) is 0 Å². The van der Waals surface area contributed by atoms with Gasteiger partial charge in [-0.25, -0.2) is 4.98 Å². The van der Waals surface area contributed by atoms with Gasteiger partial charge in [-0.15, -0.1) is 0 Å². The van der Waals surface area contributed by atoms with Crippen molar-refractivity contribution in [3.63, 3.8) is 0 Å². The summed E-state index contributed by atoms with van der Waals surface area (Å²) >= 11 is 2.03. The van der Waals surface area contributed by atoms with E-state index in [9.17, 15) is 0 Å². The summed E-state index contributed by atoms with van der Waals surface area (Å²) in [4.78, 5) is 4.30. The van der Waals surface area contributed by atoms with Crippen LogP contribution in [-0.4, -0.2) is 27.1 Å². The van der Waals surface area contributed by atoms with Crippen LogP contribution in [0.15, 0.2) is 12.5 Å². The third-order valence-corrected chi connectivity index (χ3v) is 5.31. The first-order chi connectivity index (χ1) is 8.86. The van der Waals surface area contributed by atoms with E-state index in [4.69, 9.17) is 0 Å². The zero-order chi connectivity index (χ0) is 12.4. The van der Waals surface area contributed by atoms with Crippen LogP contribution in [-0.2, 0) is 6.54 Å². The first-order valence-electron chi connectivity index (χ1n) is 7.13. The smallest absolute Gasteiger partial charge is 0.0951 e. The second-order valence-electron chi connectivity index (χ2n) is 5.63. The van der Waals surface area contributed by atoms with Crippen LogP contribution in [0.1, 0.15) is 50.3 Å². The fourth-order valence-electron chi connectivity index (χ4n) is 2.94. The molecule has 0 saturated heterocycles. The van der Waals surface area contributed by atoms with E-state index >= 15 is 0 Å². The molecular weight excluding hydrogens is 242 g/mol. The van der Waals surface area contributed by atoms with Gasteiger partial charge < -0.3 is 9.88 Å². The highest BCUT2D eigenvalue weighted by Gasteiger charge is 2.26. The van der Waals surface area contributed by atoms with Crippen LogP contribution < -0.4 is 5.32 Å². The van der Waals surface area contributed by atoms with E-state index in [2.05, 4.69) is 21.1 Å². The van der Waals surface area contributed by atoms with E-state index in [1.807, 2.05) is 24.3 Å². The Morgan fingerprint density at radius 1 is 1.39 bits per heavy atom. The Morgan fingerprint density at radius 2 is 2.28 bits per heavy atom. The van der Waals surface area contributed by atoms with Gasteiger partial charge in [0.25, 0.3) is 0 Å². The highest BCUT2D eigenvalue weighted by atomic mass is 32.2. The second kappa shape index (κ2) is 5.66. The molecule has 3 rings (SSSR count). The molecule has 1 aromatic heterocycles. The molecule has 0 aromatic carbocycles. The van der Waals surface area contributed by atoms with E-state index in [1.54, 1.807) is 0 Å². The van der Waals surface area contributed by atoms with Crippen LogP contribution in [0.4, 0.5) is 0 Å². The van der Waals surface area contributed by atoms with Crippen molar-refractivity contribution in [1.82, 2.24) is 14.9 Å². The van der Waals surface area contributed by atoms with E-state index in [0.717, 1.165) is 17.8 Å². The Morgan fingerprint density at radius 3 is 3.06 bits per heavy atom. The summed E-state index contributed by atoms with van der Waals surface area (Å²) < 4.78 is 2.36. The number of nitrogens with one attached hydrogen (secondary N) is 1. The molecular formula is C14H23N3S. The van der Waals surface area contributed by atoms with Crippen molar-refractivity contribution in [2.75, 3.05) is 6.26 Å². The molecule has 2 fully saturated rings. The minimum absolute atomic E-state index is 0.707. The number of hydrogen-bond donors (Lipinski definition) is 1. The summed E-state index contributed by atoms with van der Waals surface area (Å²) in [6.07, 6.45) is 14.4. The molecule has 0 amide bonds. The molecule has 1 N–H and O–H groups in total. The average Bonchev–Trinajstić information content (AvgIpc) is 3.15. The van der Waals surface area contributed by atoms with Crippen LogP contribution >= 0.6 is 11.8 Å². The largest absolute Gasteiger partial charge is 0.330 e. The predicted octanol–water partition coefficient (Wildman–Crippen LogP) is 2.98. The molecule has 1 aromatic rings. The molecule has 2 unspecified atom stereocenters. The first-order valence-corrected chi connectivity index (χ1v) is 8.42. The average molecular weight is 265 g/mol. The maximum atomic E-state index is 4.30. The quantitative estimate of drug-likeness (QED) is 0.887. The zero-order valence-electron chi connectivity index (χ0n) is 11.1. The van der Waals surface area contributed by atoms with Crippen molar-refractivity contribution in [3.8, 4) is 0 Å². The van der Waals surface area contributed by atoms with Crippen LogP contribution in [0.2, 0.25) is 0 Å². The van der Waals surface area contributed by atoms with Gasteiger partial charge in [-0.2, -0.15) is 11.8 Å². The summed E-state index contributed by atoms with van der Waals surface area (Å²) in [5.41, 5.74) is 1.36. The standard InChI is InChI=1S/C14H23N3S/c1-18-14-4-2-3-11(7-14)16-9-13-8-15-10-17(13)12-5-6-12/h8,10-12,14,16H,2-7,9H2,1H3. The summed E-state index contributed by atoms with van der Waals surface area (Å²) in [6, 6.07) is 1.45. The topological polar surface area (TPSA) is 29.9 Å². The molecule has 2 aliphatic carbocycles. The SMILES string of the molecule is CSC1CCCC(NCc2cncn2C2CC2)C1. The molecule has 100 valence electrons. The summed E-state index contributed by atoms with van der Waals surface area (Å²) in [5, 5.41) is 4.60. The summed E-state index contributed by atoms with van der Waals surface area (Å²) in [5.74, 6) is 0. The molecule has 18 heavy (non-hydrogen) atoms. The maximum Gasteiger partial charge on any atom is 0.0951 e. The van der Waals surface area contributed by atoms with E-state index in [-0.39, 0.29) is 0 Å². The number of nitrogens with zero attached hydrogens (tertiary/aromatic N) is 2. The van der Waals surface area contributed by atoms with E-state index in [1.165, 1.54) is 44.2 Å². The molecule has 2 aliphatic rings.